The van der Waals surface area contributed by atoms with E-state index in [-0.39, 0.29) is 0 Å². The van der Waals surface area contributed by atoms with Crippen LogP contribution < -0.4 is 10.5 Å². The van der Waals surface area contributed by atoms with Gasteiger partial charge in [0.25, 0.3) is 0 Å². The van der Waals surface area contributed by atoms with E-state index in [9.17, 15) is 0 Å². The summed E-state index contributed by atoms with van der Waals surface area (Å²) in [7, 11) is 1.68. The summed E-state index contributed by atoms with van der Waals surface area (Å²) in [6.07, 6.45) is 4.39. The van der Waals surface area contributed by atoms with E-state index < -0.39 is 0 Å². The second-order valence-corrected chi connectivity index (χ2v) is 5.86. The van der Waals surface area contributed by atoms with Crippen molar-refractivity contribution in [2.75, 3.05) is 13.7 Å². The Labute approximate surface area is 133 Å². The summed E-state index contributed by atoms with van der Waals surface area (Å²) in [5.74, 6) is 0.823. The summed E-state index contributed by atoms with van der Waals surface area (Å²) in [4.78, 5) is 10.2. The number of benzene rings is 1. The molecule has 0 aliphatic heterocycles. The van der Waals surface area contributed by atoms with E-state index in [1.54, 1.807) is 24.6 Å². The fourth-order valence-corrected chi connectivity index (χ4v) is 3.40. The van der Waals surface area contributed by atoms with E-state index in [4.69, 9.17) is 15.5 Å². The number of thiazole rings is 1. The van der Waals surface area contributed by atoms with Crippen LogP contribution in [-0.4, -0.2) is 23.6 Å². The third-order valence-electron chi connectivity index (χ3n) is 3.34. The first-order valence-corrected chi connectivity index (χ1v) is 7.88. The normalized spacial score (nSPS) is 10.6. The predicted octanol–water partition coefficient (Wildman–Crippen LogP) is 3.38. The third kappa shape index (κ3) is 2.86. The lowest BCUT2D eigenvalue weighted by Crippen LogP contribution is -2.02. The number of hydrogen-bond donors (Lipinski definition) is 1. The lowest BCUT2D eigenvalue weighted by molar-refractivity contribution is 0.416. The molecule has 2 heterocycles. The second kappa shape index (κ2) is 6.68. The number of pyridine rings is 1. The minimum absolute atomic E-state index is 0.594. The van der Waals surface area contributed by atoms with Crippen molar-refractivity contribution >= 4 is 11.3 Å². The number of nitrogens with zero attached hydrogens (tertiary/aromatic N) is 2. The molecule has 0 unspecified atom stereocenters. The van der Waals surface area contributed by atoms with Crippen molar-refractivity contribution in [1.82, 2.24) is 9.97 Å². The minimum atomic E-state index is 0.594. The van der Waals surface area contributed by atoms with Crippen molar-refractivity contribution in [1.29, 1.82) is 0 Å². The number of hydrogen-bond acceptors (Lipinski definition) is 5. The highest BCUT2D eigenvalue weighted by Gasteiger charge is 2.16. The number of rotatable bonds is 5. The maximum absolute atomic E-state index is 5.76. The van der Waals surface area contributed by atoms with Crippen molar-refractivity contribution in [3.05, 3.63) is 53.7 Å². The molecule has 0 aliphatic carbocycles. The molecule has 0 bridgehead atoms. The first kappa shape index (κ1) is 14.7. The molecule has 4 nitrogen and oxygen atoms in total. The van der Waals surface area contributed by atoms with Crippen LogP contribution in [0.5, 0.6) is 5.75 Å². The Bertz CT molecular complexity index is 756. The molecule has 0 aliphatic rings. The van der Waals surface area contributed by atoms with Gasteiger partial charge in [-0.05, 0) is 37.2 Å². The van der Waals surface area contributed by atoms with Gasteiger partial charge in [0, 0.05) is 28.4 Å². The monoisotopic (exact) mass is 311 g/mol. The van der Waals surface area contributed by atoms with Crippen molar-refractivity contribution in [2.24, 2.45) is 5.73 Å². The Morgan fingerprint density at radius 3 is 2.77 bits per heavy atom. The van der Waals surface area contributed by atoms with Crippen LogP contribution in [0.1, 0.15) is 4.88 Å². The standard InChI is InChI=1S/C17H17N3OS/c1-21-14-7-3-2-6-13(14)16-15(8-9-18)22-17(20-16)12-5-4-10-19-11-12/h2-7,10-11H,8-9,18H2,1H3. The molecule has 112 valence electrons. The number of aromatic nitrogens is 2. The largest absolute Gasteiger partial charge is 0.496 e. The predicted molar refractivity (Wildman–Crippen MR) is 90.1 cm³/mol. The lowest BCUT2D eigenvalue weighted by atomic mass is 10.1. The zero-order chi connectivity index (χ0) is 15.4. The van der Waals surface area contributed by atoms with Crippen molar-refractivity contribution in [3.8, 4) is 27.6 Å². The SMILES string of the molecule is COc1ccccc1-c1nc(-c2cccnc2)sc1CCN. The average molecular weight is 311 g/mol. The van der Waals surface area contributed by atoms with Gasteiger partial charge in [0.05, 0.1) is 12.8 Å². The Kier molecular flexibility index (Phi) is 4.46. The summed E-state index contributed by atoms with van der Waals surface area (Å²) >= 11 is 1.66. The molecule has 0 saturated carbocycles. The maximum atomic E-state index is 5.76. The molecule has 0 amide bonds. The van der Waals surface area contributed by atoms with E-state index in [0.29, 0.717) is 6.54 Å². The summed E-state index contributed by atoms with van der Waals surface area (Å²) in [6.45, 7) is 0.594. The molecule has 2 aromatic heterocycles. The second-order valence-electron chi connectivity index (χ2n) is 4.77. The first-order valence-electron chi connectivity index (χ1n) is 7.07. The van der Waals surface area contributed by atoms with E-state index in [0.717, 1.165) is 34.0 Å². The molecule has 0 spiro atoms. The fraction of sp³-hybridized carbons (Fsp3) is 0.176. The highest BCUT2D eigenvalue weighted by Crippen LogP contribution is 2.37. The number of methoxy groups -OCH3 is 1. The number of para-hydroxylation sites is 1. The van der Waals surface area contributed by atoms with E-state index in [1.165, 1.54) is 4.88 Å². The van der Waals surface area contributed by atoms with Gasteiger partial charge in [-0.1, -0.05) is 12.1 Å². The fourth-order valence-electron chi connectivity index (χ4n) is 2.32. The molecule has 3 aromatic rings. The molecule has 0 atom stereocenters. The number of ether oxygens (including phenoxy) is 1. The van der Waals surface area contributed by atoms with Gasteiger partial charge >= 0.3 is 0 Å². The van der Waals surface area contributed by atoms with Crippen molar-refractivity contribution in [3.63, 3.8) is 0 Å². The smallest absolute Gasteiger partial charge is 0.128 e. The molecule has 3 rings (SSSR count). The molecule has 0 fully saturated rings. The zero-order valence-electron chi connectivity index (χ0n) is 12.3. The van der Waals surface area contributed by atoms with Crippen LogP contribution >= 0.6 is 11.3 Å². The molecular weight excluding hydrogens is 294 g/mol. The van der Waals surface area contributed by atoms with E-state index in [1.807, 2.05) is 42.6 Å². The van der Waals surface area contributed by atoms with Crippen LogP contribution in [0.4, 0.5) is 0 Å². The van der Waals surface area contributed by atoms with E-state index >= 15 is 0 Å². The van der Waals surface area contributed by atoms with Crippen LogP contribution in [-0.2, 0) is 6.42 Å². The lowest BCUT2D eigenvalue weighted by Gasteiger charge is -2.07. The summed E-state index contributed by atoms with van der Waals surface area (Å²) in [5, 5.41) is 0.956. The van der Waals surface area contributed by atoms with Gasteiger partial charge in [0.2, 0.25) is 0 Å². The van der Waals surface area contributed by atoms with Gasteiger partial charge in [-0.25, -0.2) is 4.98 Å². The zero-order valence-corrected chi connectivity index (χ0v) is 13.1. The molecule has 22 heavy (non-hydrogen) atoms. The van der Waals surface area contributed by atoms with Crippen molar-refractivity contribution in [2.45, 2.75) is 6.42 Å². The highest BCUT2D eigenvalue weighted by atomic mass is 32.1. The van der Waals surface area contributed by atoms with Gasteiger partial charge < -0.3 is 10.5 Å². The summed E-state index contributed by atoms with van der Waals surface area (Å²) < 4.78 is 5.47. The van der Waals surface area contributed by atoms with Crippen LogP contribution in [0.25, 0.3) is 21.8 Å². The average Bonchev–Trinajstić information content (AvgIpc) is 3.00. The maximum Gasteiger partial charge on any atom is 0.128 e. The van der Waals surface area contributed by atoms with Crippen molar-refractivity contribution < 1.29 is 4.74 Å². The van der Waals surface area contributed by atoms with Gasteiger partial charge in [-0.3, -0.25) is 4.98 Å². The van der Waals surface area contributed by atoms with Gasteiger partial charge in [-0.15, -0.1) is 11.3 Å². The van der Waals surface area contributed by atoms with Gasteiger partial charge in [0.15, 0.2) is 0 Å². The third-order valence-corrected chi connectivity index (χ3v) is 4.50. The Morgan fingerprint density at radius 2 is 2.05 bits per heavy atom. The molecular formula is C17H17N3OS. The minimum Gasteiger partial charge on any atom is -0.496 e. The Morgan fingerprint density at radius 1 is 1.18 bits per heavy atom. The van der Waals surface area contributed by atoms with Gasteiger partial charge in [-0.2, -0.15) is 0 Å². The van der Waals surface area contributed by atoms with E-state index in [2.05, 4.69) is 4.98 Å². The van der Waals surface area contributed by atoms with Crippen LogP contribution in [0, 0.1) is 0 Å². The first-order chi connectivity index (χ1) is 10.8. The highest BCUT2D eigenvalue weighted by molar-refractivity contribution is 7.15. The quantitative estimate of drug-likeness (QED) is 0.784. The summed E-state index contributed by atoms with van der Waals surface area (Å²) in [5.41, 5.74) is 8.73. The molecule has 5 heteroatoms. The topological polar surface area (TPSA) is 61.0 Å². The van der Waals surface area contributed by atoms with Crippen LogP contribution in [0.2, 0.25) is 0 Å². The molecule has 0 saturated heterocycles. The van der Waals surface area contributed by atoms with Crippen LogP contribution in [0.15, 0.2) is 48.8 Å². The van der Waals surface area contributed by atoms with Crippen LogP contribution in [0.3, 0.4) is 0 Å². The molecule has 1 aromatic carbocycles. The molecule has 2 N–H and O–H groups in total. The Hall–Kier alpha value is -2.24. The Balaban J connectivity index is 2.12. The number of nitrogens with two attached hydrogens (primary N) is 1. The van der Waals surface area contributed by atoms with Gasteiger partial charge in [0.1, 0.15) is 10.8 Å². The molecule has 0 radical (unpaired) electrons. The summed E-state index contributed by atoms with van der Waals surface area (Å²) in [6, 6.07) is 11.9.